The molecule has 0 aliphatic heterocycles. The van der Waals surface area contributed by atoms with Gasteiger partial charge in [-0.3, -0.25) is 9.78 Å². The Morgan fingerprint density at radius 3 is 2.71 bits per heavy atom. The van der Waals surface area contributed by atoms with Crippen molar-refractivity contribution in [2.24, 2.45) is 0 Å². The van der Waals surface area contributed by atoms with Gasteiger partial charge in [0.15, 0.2) is 5.69 Å². The molecule has 0 saturated heterocycles. The van der Waals surface area contributed by atoms with Crippen LogP contribution in [-0.2, 0) is 6.54 Å². The van der Waals surface area contributed by atoms with Gasteiger partial charge in [0.05, 0.1) is 12.2 Å². The SMILES string of the molecule is CCCNc1ccc(C(=O)NCc2cccc(C)n2)nn1. The Kier molecular flexibility index (Phi) is 5.20. The molecule has 2 N–H and O–H groups in total. The van der Waals surface area contributed by atoms with Crippen LogP contribution in [-0.4, -0.2) is 27.6 Å². The summed E-state index contributed by atoms with van der Waals surface area (Å²) in [6, 6.07) is 9.11. The van der Waals surface area contributed by atoms with Crippen LogP contribution in [0.4, 0.5) is 5.82 Å². The molecule has 0 aliphatic carbocycles. The van der Waals surface area contributed by atoms with E-state index in [0.29, 0.717) is 18.1 Å². The average Bonchev–Trinajstić information content (AvgIpc) is 2.51. The predicted octanol–water partition coefficient (Wildman–Crippen LogP) is 1.93. The fourth-order valence-corrected chi connectivity index (χ4v) is 1.76. The van der Waals surface area contributed by atoms with Crippen molar-refractivity contribution in [1.82, 2.24) is 20.5 Å². The summed E-state index contributed by atoms with van der Waals surface area (Å²) < 4.78 is 0. The normalized spacial score (nSPS) is 10.2. The van der Waals surface area contributed by atoms with E-state index >= 15 is 0 Å². The minimum atomic E-state index is -0.257. The van der Waals surface area contributed by atoms with E-state index in [-0.39, 0.29) is 5.91 Å². The number of pyridine rings is 1. The molecule has 1 amide bonds. The van der Waals surface area contributed by atoms with Gasteiger partial charge in [-0.1, -0.05) is 13.0 Å². The lowest BCUT2D eigenvalue weighted by atomic mass is 10.3. The van der Waals surface area contributed by atoms with E-state index in [1.54, 1.807) is 12.1 Å². The number of aromatic nitrogens is 3. The number of anilines is 1. The highest BCUT2D eigenvalue weighted by atomic mass is 16.1. The van der Waals surface area contributed by atoms with E-state index in [1.165, 1.54) is 0 Å². The van der Waals surface area contributed by atoms with Crippen LogP contribution in [0.15, 0.2) is 30.3 Å². The lowest BCUT2D eigenvalue weighted by Gasteiger charge is -2.06. The van der Waals surface area contributed by atoms with Crippen LogP contribution in [0.5, 0.6) is 0 Å². The van der Waals surface area contributed by atoms with Crippen molar-refractivity contribution >= 4 is 11.7 Å². The highest BCUT2D eigenvalue weighted by Gasteiger charge is 2.08. The van der Waals surface area contributed by atoms with Gasteiger partial charge in [0, 0.05) is 12.2 Å². The number of amides is 1. The summed E-state index contributed by atoms with van der Waals surface area (Å²) >= 11 is 0. The molecule has 0 atom stereocenters. The second kappa shape index (κ2) is 7.33. The van der Waals surface area contributed by atoms with Crippen molar-refractivity contribution in [1.29, 1.82) is 0 Å². The van der Waals surface area contributed by atoms with Crippen LogP contribution >= 0.6 is 0 Å². The molecule has 6 heteroatoms. The Bertz CT molecular complexity index is 597. The van der Waals surface area contributed by atoms with Crippen molar-refractivity contribution in [3.63, 3.8) is 0 Å². The van der Waals surface area contributed by atoms with E-state index in [4.69, 9.17) is 0 Å². The van der Waals surface area contributed by atoms with Crippen molar-refractivity contribution < 1.29 is 4.79 Å². The quantitative estimate of drug-likeness (QED) is 0.847. The van der Waals surface area contributed by atoms with Gasteiger partial charge in [0.25, 0.3) is 5.91 Å². The predicted molar refractivity (Wildman–Crippen MR) is 81.0 cm³/mol. The number of hydrogen-bond donors (Lipinski definition) is 2. The molecule has 0 aromatic carbocycles. The summed E-state index contributed by atoms with van der Waals surface area (Å²) in [6.07, 6.45) is 1.01. The Balaban J connectivity index is 1.91. The van der Waals surface area contributed by atoms with Crippen LogP contribution in [0.25, 0.3) is 0 Å². The second-order valence-corrected chi connectivity index (χ2v) is 4.68. The van der Waals surface area contributed by atoms with Gasteiger partial charge in [-0.25, -0.2) is 0 Å². The number of rotatable bonds is 6. The first kappa shape index (κ1) is 14.9. The number of nitrogens with zero attached hydrogens (tertiary/aromatic N) is 3. The number of nitrogens with one attached hydrogen (secondary N) is 2. The van der Waals surface area contributed by atoms with E-state index in [0.717, 1.165) is 24.4 Å². The molecule has 2 aromatic heterocycles. The maximum absolute atomic E-state index is 12.0. The van der Waals surface area contributed by atoms with E-state index in [9.17, 15) is 4.79 Å². The van der Waals surface area contributed by atoms with Gasteiger partial charge in [-0.05, 0) is 37.6 Å². The molecular weight excluding hydrogens is 266 g/mol. The summed E-state index contributed by atoms with van der Waals surface area (Å²) in [5.41, 5.74) is 2.04. The summed E-state index contributed by atoms with van der Waals surface area (Å²) in [7, 11) is 0. The number of hydrogen-bond acceptors (Lipinski definition) is 5. The highest BCUT2D eigenvalue weighted by Crippen LogP contribution is 2.03. The number of carbonyl (C=O) groups is 1. The van der Waals surface area contributed by atoms with Gasteiger partial charge in [0.2, 0.25) is 0 Å². The first-order valence-corrected chi connectivity index (χ1v) is 6.97. The molecule has 0 saturated carbocycles. The van der Waals surface area contributed by atoms with Gasteiger partial charge < -0.3 is 10.6 Å². The van der Waals surface area contributed by atoms with Gasteiger partial charge in [0.1, 0.15) is 5.82 Å². The first-order chi connectivity index (χ1) is 10.2. The highest BCUT2D eigenvalue weighted by molar-refractivity contribution is 5.92. The fraction of sp³-hybridized carbons (Fsp3) is 0.333. The first-order valence-electron chi connectivity index (χ1n) is 6.97. The zero-order valence-electron chi connectivity index (χ0n) is 12.3. The molecule has 0 unspecified atom stereocenters. The molecule has 110 valence electrons. The third-order valence-electron chi connectivity index (χ3n) is 2.83. The molecule has 0 radical (unpaired) electrons. The van der Waals surface area contributed by atoms with Crippen LogP contribution in [0, 0.1) is 6.92 Å². The Hall–Kier alpha value is -2.50. The maximum Gasteiger partial charge on any atom is 0.272 e. The van der Waals surface area contributed by atoms with Crippen molar-refractivity contribution in [3.05, 3.63) is 47.4 Å². The summed E-state index contributed by atoms with van der Waals surface area (Å²) in [6.45, 7) is 5.19. The summed E-state index contributed by atoms with van der Waals surface area (Å²) in [5, 5.41) is 13.8. The summed E-state index contributed by atoms with van der Waals surface area (Å²) in [5.74, 6) is 0.418. The van der Waals surface area contributed by atoms with Crippen LogP contribution < -0.4 is 10.6 Å². The third-order valence-corrected chi connectivity index (χ3v) is 2.83. The third kappa shape index (κ3) is 4.52. The molecule has 21 heavy (non-hydrogen) atoms. The Morgan fingerprint density at radius 1 is 1.19 bits per heavy atom. The minimum Gasteiger partial charge on any atom is -0.369 e. The largest absolute Gasteiger partial charge is 0.369 e. The van der Waals surface area contributed by atoms with Crippen LogP contribution in [0.1, 0.15) is 35.2 Å². The van der Waals surface area contributed by atoms with Crippen molar-refractivity contribution in [3.8, 4) is 0 Å². The number of aryl methyl sites for hydroxylation is 1. The van der Waals surface area contributed by atoms with E-state index < -0.39 is 0 Å². The fourth-order valence-electron chi connectivity index (χ4n) is 1.76. The molecular formula is C15H19N5O. The van der Waals surface area contributed by atoms with Gasteiger partial charge in [-0.15, -0.1) is 10.2 Å². The minimum absolute atomic E-state index is 0.257. The lowest BCUT2D eigenvalue weighted by Crippen LogP contribution is -2.24. The average molecular weight is 285 g/mol. The molecule has 2 aromatic rings. The molecule has 2 heterocycles. The molecule has 0 spiro atoms. The smallest absolute Gasteiger partial charge is 0.272 e. The van der Waals surface area contributed by atoms with Gasteiger partial charge >= 0.3 is 0 Å². The topological polar surface area (TPSA) is 79.8 Å². The molecule has 0 bridgehead atoms. The molecule has 6 nitrogen and oxygen atoms in total. The van der Waals surface area contributed by atoms with Crippen molar-refractivity contribution in [2.45, 2.75) is 26.8 Å². The van der Waals surface area contributed by atoms with Crippen LogP contribution in [0.2, 0.25) is 0 Å². The maximum atomic E-state index is 12.0. The van der Waals surface area contributed by atoms with E-state index in [2.05, 4.69) is 32.7 Å². The van der Waals surface area contributed by atoms with E-state index in [1.807, 2.05) is 25.1 Å². The molecule has 0 aliphatic rings. The van der Waals surface area contributed by atoms with Gasteiger partial charge in [-0.2, -0.15) is 0 Å². The second-order valence-electron chi connectivity index (χ2n) is 4.68. The zero-order valence-corrected chi connectivity index (χ0v) is 12.3. The van der Waals surface area contributed by atoms with Crippen LogP contribution in [0.3, 0.4) is 0 Å². The monoisotopic (exact) mass is 285 g/mol. The number of carbonyl (C=O) groups excluding carboxylic acids is 1. The standard InChI is InChI=1S/C15H19N5O/c1-3-9-16-14-8-7-13(19-20-14)15(21)17-10-12-6-4-5-11(2)18-12/h4-8H,3,9-10H2,1-2H3,(H,16,20)(H,17,21). The molecule has 2 rings (SSSR count). The lowest BCUT2D eigenvalue weighted by molar-refractivity contribution is 0.0944. The van der Waals surface area contributed by atoms with Crippen molar-refractivity contribution in [2.75, 3.05) is 11.9 Å². The Labute approximate surface area is 124 Å². The summed E-state index contributed by atoms with van der Waals surface area (Å²) in [4.78, 5) is 16.3. The zero-order chi connectivity index (χ0) is 15.1. The molecule has 0 fully saturated rings. The Morgan fingerprint density at radius 2 is 2.05 bits per heavy atom.